The van der Waals surface area contributed by atoms with Gasteiger partial charge < -0.3 is 32.9 Å². The summed E-state index contributed by atoms with van der Waals surface area (Å²) in [6.07, 6.45) is 2.26. The molecule has 1 saturated carbocycles. The maximum atomic E-state index is 11.7. The summed E-state index contributed by atoms with van der Waals surface area (Å²) in [6.45, 7) is 0.0265. The number of nitrogen functional groups attached to an aromatic ring is 1. The molecule has 0 amide bonds. The normalized spacial score (nSPS) is 25.2. The van der Waals surface area contributed by atoms with Crippen LogP contribution >= 0.6 is 0 Å². The molecule has 0 aliphatic heterocycles. The number of fused-ring (bicyclic) bond motifs is 1. The predicted molar refractivity (Wildman–Crippen MR) is 68.5 cm³/mol. The monoisotopic (exact) mass is 301 g/mol. The van der Waals surface area contributed by atoms with Crippen molar-refractivity contribution in [1.82, 2.24) is 19.5 Å². The van der Waals surface area contributed by atoms with E-state index in [1.807, 2.05) is 0 Å². The van der Waals surface area contributed by atoms with Gasteiger partial charge in [-0.25, -0.2) is 4.98 Å². The Balaban J connectivity index is 0.00000110. The number of nitrogens with one attached hydrogen (secondary N) is 1. The number of anilines is 1. The third-order valence-electron chi connectivity index (χ3n) is 3.90. The van der Waals surface area contributed by atoms with Crippen LogP contribution in [0.15, 0.2) is 11.1 Å². The second-order valence-corrected chi connectivity index (χ2v) is 4.87. The van der Waals surface area contributed by atoms with Crippen LogP contribution in [0.1, 0.15) is 13.9 Å². The van der Waals surface area contributed by atoms with Crippen LogP contribution < -0.4 is 23.7 Å². The van der Waals surface area contributed by atoms with E-state index in [2.05, 4.69) is 15.0 Å². The minimum Gasteiger partial charge on any atom is -1.00 e. The van der Waals surface area contributed by atoms with Gasteiger partial charge in [0, 0.05) is 25.2 Å². The molecule has 8 nitrogen and oxygen atoms in total. The second-order valence-electron chi connectivity index (χ2n) is 4.87. The Kier molecular flexibility index (Phi) is 3.98. The first-order valence-corrected chi connectivity index (χ1v) is 6.09. The molecule has 9 heteroatoms. The van der Waals surface area contributed by atoms with Gasteiger partial charge in [-0.05, 0) is 12.3 Å². The molecule has 1 aliphatic carbocycles. The minimum absolute atomic E-state index is 0. The lowest BCUT2D eigenvalue weighted by Gasteiger charge is -2.43. The van der Waals surface area contributed by atoms with Gasteiger partial charge in [0.05, 0.1) is 6.33 Å². The van der Waals surface area contributed by atoms with Gasteiger partial charge in [0.1, 0.15) is 0 Å². The summed E-state index contributed by atoms with van der Waals surface area (Å²) < 4.78 is 1.76. The van der Waals surface area contributed by atoms with Crippen molar-refractivity contribution in [3.8, 4) is 0 Å². The van der Waals surface area contributed by atoms with Crippen molar-refractivity contribution in [2.75, 3.05) is 18.9 Å². The fourth-order valence-electron chi connectivity index (χ4n) is 2.76. The van der Waals surface area contributed by atoms with E-state index < -0.39 is 0 Å². The molecule has 0 unspecified atom stereocenters. The van der Waals surface area contributed by atoms with Crippen LogP contribution in [-0.2, 0) is 0 Å². The summed E-state index contributed by atoms with van der Waals surface area (Å²) in [6, 6.07) is -0.0131. The molecule has 3 rings (SSSR count). The van der Waals surface area contributed by atoms with Gasteiger partial charge >= 0.3 is 1.43 Å². The third kappa shape index (κ3) is 2.05. The zero-order valence-corrected chi connectivity index (χ0v) is 11.3. The van der Waals surface area contributed by atoms with Crippen molar-refractivity contribution in [2.45, 2.75) is 12.5 Å². The molecule has 110 valence electrons. The number of aliphatic hydroxyl groups is 2. The summed E-state index contributed by atoms with van der Waals surface area (Å²) in [5.41, 5.74) is 5.81. The molecule has 20 heavy (non-hydrogen) atoms. The highest BCUT2D eigenvalue weighted by molar-refractivity contribution is 5.70. The third-order valence-corrected chi connectivity index (χ3v) is 3.90. The van der Waals surface area contributed by atoms with Crippen LogP contribution in [0, 0.1) is 11.8 Å². The first-order valence-electron chi connectivity index (χ1n) is 6.09. The number of H-pyrrole nitrogens is 1. The predicted octanol–water partition coefficient (Wildman–Crippen LogP) is -4.02. The summed E-state index contributed by atoms with van der Waals surface area (Å²) in [5.74, 6) is 0.0642. The molecular weight excluding hydrogens is 286 g/mol. The van der Waals surface area contributed by atoms with Crippen molar-refractivity contribution in [3.63, 3.8) is 0 Å². The second kappa shape index (κ2) is 5.39. The molecule has 3 atom stereocenters. The lowest BCUT2D eigenvalue weighted by Crippen LogP contribution is -3.00. The number of nitrogens with zero attached hydrogens (tertiary/aromatic N) is 3. The number of nitrogens with two attached hydrogens (primary N) is 1. The minimum atomic E-state index is -0.375. The van der Waals surface area contributed by atoms with Gasteiger partial charge in [-0.1, -0.05) is 0 Å². The zero-order valence-electron chi connectivity index (χ0n) is 11.5. The molecule has 2 heterocycles. The molecule has 5 N–H and O–H groups in total. The maximum Gasteiger partial charge on any atom is 1.00 e. The topological polar surface area (TPSA) is 130 Å². The molecule has 1 aliphatic rings. The Hall–Kier alpha value is -1.64. The van der Waals surface area contributed by atoms with E-state index in [1.165, 1.54) is 6.33 Å². The van der Waals surface area contributed by atoms with Crippen LogP contribution in [0.3, 0.4) is 0 Å². The van der Waals surface area contributed by atoms with E-state index in [4.69, 9.17) is 5.73 Å². The van der Waals surface area contributed by atoms with E-state index in [0.717, 1.165) is 6.42 Å². The van der Waals surface area contributed by atoms with Crippen molar-refractivity contribution in [2.24, 2.45) is 11.8 Å². The Morgan fingerprint density at radius 1 is 1.50 bits per heavy atom. The molecule has 0 bridgehead atoms. The van der Waals surface area contributed by atoms with Crippen LogP contribution in [-0.4, -0.2) is 42.9 Å². The maximum absolute atomic E-state index is 11.7. The van der Waals surface area contributed by atoms with Gasteiger partial charge in [0.25, 0.3) is 5.56 Å². The van der Waals surface area contributed by atoms with E-state index in [1.54, 1.807) is 4.57 Å². The molecule has 0 saturated heterocycles. The summed E-state index contributed by atoms with van der Waals surface area (Å²) in [5, 5.41) is 18.6. The van der Waals surface area contributed by atoms with E-state index in [0.29, 0.717) is 5.65 Å². The number of hydrogen-bond acceptors (Lipinski definition) is 6. The molecule has 0 spiro atoms. The largest absolute Gasteiger partial charge is 1.00 e. The molecular formula is C11H16ClN5O3. The van der Waals surface area contributed by atoms with E-state index >= 15 is 0 Å². The smallest absolute Gasteiger partial charge is 1.00 e. The summed E-state index contributed by atoms with van der Waals surface area (Å²) in [7, 11) is 0. The highest BCUT2D eigenvalue weighted by atomic mass is 35.5. The number of aromatic nitrogens is 4. The quantitative estimate of drug-likeness (QED) is 0.457. The molecule has 0 radical (unpaired) electrons. The Morgan fingerprint density at radius 3 is 2.90 bits per heavy atom. The Labute approximate surface area is 121 Å². The summed E-state index contributed by atoms with van der Waals surface area (Å²) in [4.78, 5) is 22.2. The Bertz CT molecular complexity index is 675. The first kappa shape index (κ1) is 14.8. The number of hydrogen-bond donors (Lipinski definition) is 4. The lowest BCUT2D eigenvalue weighted by atomic mass is 9.70. The van der Waals surface area contributed by atoms with E-state index in [9.17, 15) is 15.0 Å². The first-order chi connectivity index (χ1) is 9.15. The fourth-order valence-corrected chi connectivity index (χ4v) is 2.76. The standard InChI is InChI=1S/C11H15N5O3.ClH/c12-11-14-9-8(10(19)15-11)13-4-16(9)7-1-5(2-17)6(7)3-18;/h4-7,17-18H,1-3H2,(H3,12,14,15,19);1H/t5-,6-,7-;/m1./s1. The average Bonchev–Trinajstić information content (AvgIpc) is 2.73. The van der Waals surface area contributed by atoms with Crippen LogP contribution in [0.5, 0.6) is 0 Å². The van der Waals surface area contributed by atoms with E-state index in [-0.39, 0.29) is 61.9 Å². The van der Waals surface area contributed by atoms with Gasteiger partial charge in [0.2, 0.25) is 5.95 Å². The van der Waals surface area contributed by atoms with Crippen molar-refractivity contribution >= 4 is 17.1 Å². The number of imidazole rings is 1. The molecule has 2 aromatic heterocycles. The molecule has 2 aromatic rings. The highest BCUT2D eigenvalue weighted by Crippen LogP contribution is 2.44. The highest BCUT2D eigenvalue weighted by Gasteiger charge is 2.41. The zero-order chi connectivity index (χ0) is 13.6. The van der Waals surface area contributed by atoms with Crippen molar-refractivity contribution < 1.29 is 24.0 Å². The van der Waals surface area contributed by atoms with Crippen LogP contribution in [0.4, 0.5) is 5.95 Å². The number of rotatable bonds is 3. The fraction of sp³-hybridized carbons (Fsp3) is 0.545. The lowest BCUT2D eigenvalue weighted by molar-refractivity contribution is -0.00528. The number of halogens is 1. The summed E-state index contributed by atoms with van der Waals surface area (Å²) >= 11 is 0. The average molecular weight is 302 g/mol. The molecule has 0 aromatic carbocycles. The van der Waals surface area contributed by atoms with Gasteiger partial charge in [-0.2, -0.15) is 4.98 Å². The van der Waals surface area contributed by atoms with Crippen molar-refractivity contribution in [3.05, 3.63) is 16.7 Å². The van der Waals surface area contributed by atoms with Crippen LogP contribution in [0.2, 0.25) is 0 Å². The Morgan fingerprint density at radius 2 is 2.25 bits per heavy atom. The number of aromatic amines is 1. The number of aliphatic hydroxyl groups excluding tert-OH is 2. The molecule has 1 fully saturated rings. The van der Waals surface area contributed by atoms with Gasteiger partial charge in [-0.3, -0.25) is 9.78 Å². The van der Waals surface area contributed by atoms with Crippen LogP contribution in [0.25, 0.3) is 11.2 Å². The van der Waals surface area contributed by atoms with Gasteiger partial charge in [0.15, 0.2) is 11.2 Å². The van der Waals surface area contributed by atoms with Crippen molar-refractivity contribution in [1.29, 1.82) is 0 Å². The SMILES string of the molecule is Nc1nc2c(ncn2[C@@H]2C[C@H](CO)[C@H]2CO)c(=O)[nH]1.[Cl-].[H+]. The van der Waals surface area contributed by atoms with Gasteiger partial charge in [-0.15, -0.1) is 0 Å².